The number of piperidine rings is 1. The smallest absolute Gasteiger partial charge is 0.234 e. The van der Waals surface area contributed by atoms with Crippen LogP contribution < -0.4 is 5.73 Å². The molecule has 100 valence electrons. The number of amides is 2. The van der Waals surface area contributed by atoms with Crippen molar-refractivity contribution in [2.45, 2.75) is 26.8 Å². The summed E-state index contributed by atoms with van der Waals surface area (Å²) in [6, 6.07) is 7.11. The van der Waals surface area contributed by atoms with E-state index in [1.165, 1.54) is 4.90 Å². The van der Waals surface area contributed by atoms with E-state index < -0.39 is 0 Å². The van der Waals surface area contributed by atoms with E-state index in [0.29, 0.717) is 5.69 Å². The van der Waals surface area contributed by atoms with E-state index >= 15 is 0 Å². The van der Waals surface area contributed by atoms with Gasteiger partial charge in [-0.15, -0.1) is 0 Å². The number of carbonyl (C=O) groups is 2. The van der Waals surface area contributed by atoms with Crippen molar-refractivity contribution in [3.8, 4) is 0 Å². The van der Waals surface area contributed by atoms with Gasteiger partial charge >= 0.3 is 0 Å². The summed E-state index contributed by atoms with van der Waals surface area (Å²) in [4.78, 5) is 26.1. The Morgan fingerprint density at radius 1 is 1.11 bits per heavy atom. The predicted octanol–water partition coefficient (Wildman–Crippen LogP) is 1.97. The molecule has 0 radical (unpaired) electrons. The molecule has 1 aromatic carbocycles. The van der Waals surface area contributed by atoms with Crippen molar-refractivity contribution in [1.29, 1.82) is 0 Å². The highest BCUT2D eigenvalue weighted by molar-refractivity contribution is 6.10. The molecule has 1 heterocycles. The molecule has 2 amide bonds. The Morgan fingerprint density at radius 3 is 2.05 bits per heavy atom. The second-order valence-electron chi connectivity index (χ2n) is 6.17. The molecule has 1 aliphatic heterocycles. The highest BCUT2D eigenvalue weighted by atomic mass is 16.2. The lowest BCUT2D eigenvalue weighted by molar-refractivity contribution is -0.145. The predicted molar refractivity (Wildman–Crippen MR) is 71.9 cm³/mol. The Kier molecular flexibility index (Phi) is 2.31. The molecule has 0 aromatic heterocycles. The third-order valence-corrected chi connectivity index (χ3v) is 4.64. The van der Waals surface area contributed by atoms with Crippen molar-refractivity contribution < 1.29 is 9.59 Å². The summed E-state index contributed by atoms with van der Waals surface area (Å²) in [6.45, 7) is 5.87. The van der Waals surface area contributed by atoms with Gasteiger partial charge in [-0.25, -0.2) is 0 Å². The van der Waals surface area contributed by atoms with Gasteiger partial charge in [-0.3, -0.25) is 14.5 Å². The average Bonchev–Trinajstić information content (AvgIpc) is 2.80. The van der Waals surface area contributed by atoms with Crippen LogP contribution in [0.3, 0.4) is 0 Å². The summed E-state index contributed by atoms with van der Waals surface area (Å²) in [6.07, 6.45) is 0. The van der Waals surface area contributed by atoms with Gasteiger partial charge in [0.2, 0.25) is 11.8 Å². The summed E-state index contributed by atoms with van der Waals surface area (Å²) >= 11 is 0. The normalized spacial score (nSPS) is 29.3. The van der Waals surface area contributed by atoms with E-state index in [0.717, 1.165) is 5.56 Å². The van der Waals surface area contributed by atoms with E-state index in [4.69, 9.17) is 5.73 Å². The Morgan fingerprint density at radius 2 is 1.58 bits per heavy atom. The maximum absolute atomic E-state index is 12.3. The summed E-state index contributed by atoms with van der Waals surface area (Å²) in [5.41, 5.74) is 7.12. The number of nitrogen functional groups attached to an aromatic ring is 1. The number of anilines is 1. The number of fused-ring (bicyclic) bond motifs is 1. The van der Waals surface area contributed by atoms with Gasteiger partial charge < -0.3 is 5.73 Å². The molecule has 1 saturated carbocycles. The van der Waals surface area contributed by atoms with E-state index in [2.05, 4.69) is 0 Å². The highest BCUT2D eigenvalue weighted by Crippen LogP contribution is 2.64. The summed E-state index contributed by atoms with van der Waals surface area (Å²) < 4.78 is 0. The maximum atomic E-state index is 12.3. The van der Waals surface area contributed by atoms with Crippen LogP contribution in [0.25, 0.3) is 0 Å². The largest absolute Gasteiger partial charge is 0.399 e. The molecule has 0 bridgehead atoms. The van der Waals surface area contributed by atoms with Gasteiger partial charge in [0.25, 0.3) is 0 Å². The first-order chi connectivity index (χ1) is 8.85. The molecular weight excluding hydrogens is 240 g/mol. The van der Waals surface area contributed by atoms with Crippen LogP contribution in [-0.2, 0) is 9.59 Å². The fourth-order valence-corrected chi connectivity index (χ4v) is 3.27. The molecule has 2 N–H and O–H groups in total. The van der Waals surface area contributed by atoms with Crippen LogP contribution in [0.15, 0.2) is 24.3 Å². The lowest BCUT2D eigenvalue weighted by Gasteiger charge is -2.27. The van der Waals surface area contributed by atoms with Gasteiger partial charge in [-0.2, -0.15) is 0 Å². The molecule has 2 aliphatic rings. The van der Waals surface area contributed by atoms with E-state index in [1.54, 1.807) is 12.1 Å². The molecule has 0 spiro atoms. The molecule has 1 aliphatic carbocycles. The number of nitrogens with zero attached hydrogens (tertiary/aromatic N) is 1. The van der Waals surface area contributed by atoms with Gasteiger partial charge in [-0.05, 0) is 30.0 Å². The van der Waals surface area contributed by atoms with E-state index in [1.807, 2.05) is 32.9 Å². The zero-order chi connectivity index (χ0) is 13.9. The second kappa shape index (κ2) is 3.59. The molecule has 1 aromatic rings. The first kappa shape index (κ1) is 12.2. The van der Waals surface area contributed by atoms with Crippen LogP contribution in [0.5, 0.6) is 0 Å². The van der Waals surface area contributed by atoms with Crippen molar-refractivity contribution in [1.82, 2.24) is 4.90 Å². The molecular formula is C15H18N2O2. The Bertz CT molecular complexity index is 538. The Hall–Kier alpha value is -1.84. The lowest BCUT2D eigenvalue weighted by atomic mass is 10.0. The van der Waals surface area contributed by atoms with Crippen molar-refractivity contribution in [3.63, 3.8) is 0 Å². The van der Waals surface area contributed by atoms with Gasteiger partial charge in [0, 0.05) is 5.69 Å². The van der Waals surface area contributed by atoms with Gasteiger partial charge in [0.05, 0.1) is 17.9 Å². The minimum atomic E-state index is -0.218. The third kappa shape index (κ3) is 1.52. The minimum Gasteiger partial charge on any atom is -0.399 e. The Balaban J connectivity index is 1.87. The second-order valence-corrected chi connectivity index (χ2v) is 6.17. The molecule has 4 nitrogen and oxygen atoms in total. The molecule has 3 rings (SSSR count). The van der Waals surface area contributed by atoms with Gasteiger partial charge in [-0.1, -0.05) is 26.0 Å². The third-order valence-electron chi connectivity index (χ3n) is 4.64. The van der Waals surface area contributed by atoms with E-state index in [9.17, 15) is 9.59 Å². The fourth-order valence-electron chi connectivity index (χ4n) is 3.27. The monoisotopic (exact) mass is 258 g/mol. The number of benzene rings is 1. The molecule has 4 heteroatoms. The topological polar surface area (TPSA) is 63.4 Å². The summed E-state index contributed by atoms with van der Waals surface area (Å²) in [5, 5.41) is 0. The first-order valence-corrected chi connectivity index (χ1v) is 6.58. The van der Waals surface area contributed by atoms with Crippen molar-refractivity contribution in [3.05, 3.63) is 29.8 Å². The number of likely N-dealkylation sites (tertiary alicyclic amines) is 1. The first-order valence-electron chi connectivity index (χ1n) is 6.58. The zero-order valence-corrected chi connectivity index (χ0v) is 11.4. The summed E-state index contributed by atoms with van der Waals surface area (Å²) in [5.74, 6) is -0.277. The van der Waals surface area contributed by atoms with E-state index in [-0.39, 0.29) is 35.1 Å². The minimum absolute atomic E-state index is 0.0238. The Labute approximate surface area is 112 Å². The fraction of sp³-hybridized carbons (Fsp3) is 0.467. The van der Waals surface area contributed by atoms with Gasteiger partial charge in [0.1, 0.15) is 0 Å². The molecule has 2 fully saturated rings. The van der Waals surface area contributed by atoms with Crippen LogP contribution in [0.1, 0.15) is 32.4 Å². The quantitative estimate of drug-likeness (QED) is 0.651. The lowest BCUT2D eigenvalue weighted by Crippen LogP contribution is -2.38. The van der Waals surface area contributed by atoms with Crippen molar-refractivity contribution >= 4 is 17.5 Å². The SMILES string of the molecule is CC(c1ccc(N)cc1)N1C(=O)C2C(C1=O)C2(C)C. The number of imide groups is 1. The maximum Gasteiger partial charge on any atom is 0.234 e. The number of hydrogen-bond acceptors (Lipinski definition) is 3. The number of nitrogens with two attached hydrogens (primary N) is 1. The highest BCUT2D eigenvalue weighted by Gasteiger charge is 2.72. The van der Waals surface area contributed by atoms with Crippen LogP contribution in [0, 0.1) is 17.3 Å². The molecule has 1 saturated heterocycles. The number of rotatable bonds is 2. The van der Waals surface area contributed by atoms with Crippen molar-refractivity contribution in [2.75, 3.05) is 5.73 Å². The zero-order valence-electron chi connectivity index (χ0n) is 11.4. The average molecular weight is 258 g/mol. The van der Waals surface area contributed by atoms with Crippen LogP contribution in [0.2, 0.25) is 0 Å². The number of hydrogen-bond donors (Lipinski definition) is 1. The van der Waals surface area contributed by atoms with Crippen LogP contribution in [-0.4, -0.2) is 16.7 Å². The van der Waals surface area contributed by atoms with Crippen LogP contribution in [0.4, 0.5) is 5.69 Å². The molecule has 19 heavy (non-hydrogen) atoms. The van der Waals surface area contributed by atoms with Crippen molar-refractivity contribution in [2.24, 2.45) is 17.3 Å². The molecule has 3 atom stereocenters. The standard InChI is InChI=1S/C15H18N2O2/c1-8(9-4-6-10(16)7-5-9)17-13(18)11-12(14(17)19)15(11,2)3/h4-8,11-12H,16H2,1-3H3. The van der Waals surface area contributed by atoms with Gasteiger partial charge in [0.15, 0.2) is 0 Å². The van der Waals surface area contributed by atoms with Crippen LogP contribution >= 0.6 is 0 Å². The molecule has 3 unspecified atom stereocenters. The number of carbonyl (C=O) groups excluding carboxylic acids is 2. The summed E-state index contributed by atoms with van der Waals surface area (Å²) in [7, 11) is 0.